The molecule has 0 unspecified atom stereocenters. The zero-order chi connectivity index (χ0) is 16.1. The summed E-state index contributed by atoms with van der Waals surface area (Å²) in [5.41, 5.74) is 5.13. The van der Waals surface area contributed by atoms with Crippen LogP contribution >= 0.6 is 0 Å². The minimum atomic E-state index is -0.00848. The highest BCUT2D eigenvalue weighted by molar-refractivity contribution is 5.95. The molecule has 4 nitrogen and oxygen atoms in total. The Morgan fingerprint density at radius 3 is 2.55 bits per heavy atom. The van der Waals surface area contributed by atoms with E-state index < -0.39 is 0 Å². The standard InChI is InChI=1S/C18H25N3O/c1-5-19-10-11-20-18(22)16-12-14(3)21(15(16)4)17-9-7-6-8-13(17)2/h6-9,12,19H,5,10-11H2,1-4H3,(H,20,22). The van der Waals surface area contributed by atoms with Gasteiger partial charge in [0.25, 0.3) is 5.91 Å². The number of amides is 1. The van der Waals surface area contributed by atoms with Crippen LogP contribution in [0.25, 0.3) is 5.69 Å². The average Bonchev–Trinajstić information content (AvgIpc) is 2.79. The monoisotopic (exact) mass is 299 g/mol. The largest absolute Gasteiger partial charge is 0.351 e. The summed E-state index contributed by atoms with van der Waals surface area (Å²) >= 11 is 0. The van der Waals surface area contributed by atoms with Crippen molar-refractivity contribution in [3.05, 3.63) is 52.8 Å². The second-order valence-electron chi connectivity index (χ2n) is 5.52. The summed E-state index contributed by atoms with van der Waals surface area (Å²) in [7, 11) is 0. The van der Waals surface area contributed by atoms with E-state index in [9.17, 15) is 4.79 Å². The topological polar surface area (TPSA) is 46.1 Å². The van der Waals surface area contributed by atoms with Crippen LogP contribution in [0.2, 0.25) is 0 Å². The van der Waals surface area contributed by atoms with Gasteiger partial charge in [-0.2, -0.15) is 0 Å². The van der Waals surface area contributed by atoms with Crippen LogP contribution in [0.3, 0.4) is 0 Å². The van der Waals surface area contributed by atoms with Crippen molar-refractivity contribution in [3.8, 4) is 5.69 Å². The Morgan fingerprint density at radius 1 is 1.14 bits per heavy atom. The number of nitrogens with zero attached hydrogens (tertiary/aromatic N) is 1. The van der Waals surface area contributed by atoms with Gasteiger partial charge in [0.15, 0.2) is 0 Å². The van der Waals surface area contributed by atoms with Crippen LogP contribution in [0.4, 0.5) is 0 Å². The molecule has 0 fully saturated rings. The molecular formula is C18H25N3O. The number of carbonyl (C=O) groups is 1. The summed E-state index contributed by atoms with van der Waals surface area (Å²) < 4.78 is 2.15. The molecule has 0 spiro atoms. The van der Waals surface area contributed by atoms with Crippen LogP contribution in [0.5, 0.6) is 0 Å². The molecule has 0 aliphatic rings. The molecule has 2 N–H and O–H groups in total. The Balaban J connectivity index is 2.24. The lowest BCUT2D eigenvalue weighted by Crippen LogP contribution is -2.31. The highest BCUT2D eigenvalue weighted by Crippen LogP contribution is 2.23. The van der Waals surface area contributed by atoms with E-state index in [0.717, 1.165) is 35.7 Å². The fraction of sp³-hybridized carbons (Fsp3) is 0.389. The van der Waals surface area contributed by atoms with Gasteiger partial charge in [-0.05, 0) is 45.0 Å². The molecule has 0 aliphatic carbocycles. The van der Waals surface area contributed by atoms with E-state index in [2.05, 4.69) is 41.2 Å². The van der Waals surface area contributed by atoms with Gasteiger partial charge in [0, 0.05) is 30.2 Å². The van der Waals surface area contributed by atoms with Gasteiger partial charge < -0.3 is 15.2 Å². The molecule has 1 amide bonds. The van der Waals surface area contributed by atoms with Gasteiger partial charge in [0.1, 0.15) is 0 Å². The van der Waals surface area contributed by atoms with Crippen molar-refractivity contribution in [2.45, 2.75) is 27.7 Å². The van der Waals surface area contributed by atoms with Gasteiger partial charge in [-0.1, -0.05) is 25.1 Å². The van der Waals surface area contributed by atoms with E-state index in [0.29, 0.717) is 6.54 Å². The number of benzene rings is 1. The molecule has 118 valence electrons. The Hall–Kier alpha value is -2.07. The molecule has 1 aromatic carbocycles. The molecule has 2 aromatic rings. The summed E-state index contributed by atoms with van der Waals surface area (Å²) in [5.74, 6) is -0.00848. The summed E-state index contributed by atoms with van der Waals surface area (Å²) in [6.07, 6.45) is 0. The third-order valence-electron chi connectivity index (χ3n) is 3.87. The first kappa shape index (κ1) is 16.3. The minimum absolute atomic E-state index is 0.00848. The van der Waals surface area contributed by atoms with Gasteiger partial charge in [-0.25, -0.2) is 0 Å². The Kier molecular flexibility index (Phi) is 5.39. The number of nitrogens with one attached hydrogen (secondary N) is 2. The second kappa shape index (κ2) is 7.27. The number of aryl methyl sites for hydroxylation is 2. The van der Waals surface area contributed by atoms with Crippen LogP contribution in [0.1, 0.15) is 34.2 Å². The van der Waals surface area contributed by atoms with Crippen LogP contribution < -0.4 is 10.6 Å². The van der Waals surface area contributed by atoms with Gasteiger partial charge in [0.2, 0.25) is 0 Å². The van der Waals surface area contributed by atoms with Crippen molar-refractivity contribution in [2.75, 3.05) is 19.6 Å². The predicted molar refractivity (Wildman–Crippen MR) is 90.9 cm³/mol. The maximum absolute atomic E-state index is 12.4. The Labute approximate surface area is 132 Å². The SMILES string of the molecule is CCNCCNC(=O)c1cc(C)n(-c2ccccc2C)c1C. The summed E-state index contributed by atoms with van der Waals surface area (Å²) in [4.78, 5) is 12.4. The molecule has 1 heterocycles. The summed E-state index contributed by atoms with van der Waals surface area (Å²) in [6, 6.07) is 10.2. The van der Waals surface area contributed by atoms with Gasteiger partial charge in [0.05, 0.1) is 5.56 Å². The molecule has 0 atom stereocenters. The predicted octanol–water partition coefficient (Wildman–Crippen LogP) is 2.74. The smallest absolute Gasteiger partial charge is 0.253 e. The zero-order valence-electron chi connectivity index (χ0n) is 13.9. The molecule has 0 bridgehead atoms. The molecule has 2 rings (SSSR count). The van der Waals surface area contributed by atoms with Crippen molar-refractivity contribution >= 4 is 5.91 Å². The Morgan fingerprint density at radius 2 is 1.86 bits per heavy atom. The van der Waals surface area contributed by atoms with Gasteiger partial charge >= 0.3 is 0 Å². The van der Waals surface area contributed by atoms with E-state index >= 15 is 0 Å². The fourth-order valence-electron chi connectivity index (χ4n) is 2.71. The molecule has 0 saturated heterocycles. The number of aromatic nitrogens is 1. The van der Waals surface area contributed by atoms with Crippen molar-refractivity contribution in [1.82, 2.24) is 15.2 Å². The third-order valence-corrected chi connectivity index (χ3v) is 3.87. The van der Waals surface area contributed by atoms with E-state index in [-0.39, 0.29) is 5.91 Å². The van der Waals surface area contributed by atoms with Crippen LogP contribution in [-0.4, -0.2) is 30.1 Å². The number of hydrogen-bond acceptors (Lipinski definition) is 2. The molecule has 22 heavy (non-hydrogen) atoms. The maximum Gasteiger partial charge on any atom is 0.253 e. The highest BCUT2D eigenvalue weighted by atomic mass is 16.1. The number of carbonyl (C=O) groups excluding carboxylic acids is 1. The maximum atomic E-state index is 12.4. The summed E-state index contributed by atoms with van der Waals surface area (Å²) in [5, 5.41) is 6.17. The molecule has 0 aliphatic heterocycles. The van der Waals surface area contributed by atoms with Crippen LogP contribution in [-0.2, 0) is 0 Å². The van der Waals surface area contributed by atoms with Crippen molar-refractivity contribution < 1.29 is 4.79 Å². The molecule has 0 saturated carbocycles. The molecule has 1 aromatic heterocycles. The van der Waals surface area contributed by atoms with Crippen LogP contribution in [0, 0.1) is 20.8 Å². The molecule has 4 heteroatoms. The average molecular weight is 299 g/mol. The van der Waals surface area contributed by atoms with E-state index in [1.54, 1.807) is 0 Å². The van der Waals surface area contributed by atoms with Crippen molar-refractivity contribution in [1.29, 1.82) is 0 Å². The lowest BCUT2D eigenvalue weighted by Gasteiger charge is -2.12. The fourth-order valence-corrected chi connectivity index (χ4v) is 2.71. The second-order valence-corrected chi connectivity index (χ2v) is 5.52. The number of rotatable bonds is 6. The first-order chi connectivity index (χ1) is 10.6. The first-order valence-corrected chi connectivity index (χ1v) is 7.80. The lowest BCUT2D eigenvalue weighted by molar-refractivity contribution is 0.0953. The third kappa shape index (κ3) is 3.39. The van der Waals surface area contributed by atoms with Crippen molar-refractivity contribution in [2.24, 2.45) is 0 Å². The number of para-hydroxylation sites is 1. The van der Waals surface area contributed by atoms with Crippen LogP contribution in [0.15, 0.2) is 30.3 Å². The normalized spacial score (nSPS) is 10.7. The van der Waals surface area contributed by atoms with Gasteiger partial charge in [-0.3, -0.25) is 4.79 Å². The van der Waals surface area contributed by atoms with E-state index in [4.69, 9.17) is 0 Å². The highest BCUT2D eigenvalue weighted by Gasteiger charge is 2.16. The first-order valence-electron chi connectivity index (χ1n) is 7.80. The Bertz CT molecular complexity index is 658. The molecule has 0 radical (unpaired) electrons. The van der Waals surface area contributed by atoms with E-state index in [1.165, 1.54) is 5.56 Å². The lowest BCUT2D eigenvalue weighted by atomic mass is 10.2. The zero-order valence-corrected chi connectivity index (χ0v) is 13.9. The minimum Gasteiger partial charge on any atom is -0.351 e. The number of likely N-dealkylation sites (N-methyl/N-ethyl adjacent to an activating group) is 1. The van der Waals surface area contributed by atoms with Gasteiger partial charge in [-0.15, -0.1) is 0 Å². The number of hydrogen-bond donors (Lipinski definition) is 2. The van der Waals surface area contributed by atoms with Crippen molar-refractivity contribution in [3.63, 3.8) is 0 Å². The summed E-state index contributed by atoms with van der Waals surface area (Å²) in [6.45, 7) is 10.5. The van der Waals surface area contributed by atoms with E-state index in [1.807, 2.05) is 32.0 Å². The quantitative estimate of drug-likeness (QED) is 0.806. The molecular weight excluding hydrogens is 274 g/mol.